The molecule has 0 aliphatic carbocycles. The summed E-state index contributed by atoms with van der Waals surface area (Å²) in [5.41, 5.74) is -0.376. The number of nitrogens with one attached hydrogen (secondary N) is 1. The first-order chi connectivity index (χ1) is 17.8. The van der Waals surface area contributed by atoms with E-state index >= 15 is 0 Å². The van der Waals surface area contributed by atoms with Gasteiger partial charge in [0.25, 0.3) is 12.3 Å². The number of pyridine rings is 1. The summed E-state index contributed by atoms with van der Waals surface area (Å²) >= 11 is 5.77. The molecule has 3 heterocycles. The van der Waals surface area contributed by atoms with Gasteiger partial charge in [-0.3, -0.25) is 14.5 Å². The van der Waals surface area contributed by atoms with Crippen LogP contribution in [0.15, 0.2) is 55.2 Å². The average molecular weight is 532 g/mol. The molecule has 192 valence electrons. The average Bonchev–Trinajstić information content (AvgIpc) is 3.32. The highest BCUT2D eigenvalue weighted by molar-refractivity contribution is 6.31. The van der Waals surface area contributed by atoms with Crippen LogP contribution >= 0.6 is 11.6 Å². The van der Waals surface area contributed by atoms with E-state index in [4.69, 9.17) is 16.7 Å². The van der Waals surface area contributed by atoms with E-state index in [1.807, 2.05) is 24.1 Å². The zero-order chi connectivity index (χ0) is 26.5. The minimum atomic E-state index is -2.99. The molecule has 37 heavy (non-hydrogen) atoms. The Bertz CT molecular complexity index is 1400. The van der Waals surface area contributed by atoms with Crippen LogP contribution in [-0.4, -0.2) is 55.9 Å². The van der Waals surface area contributed by atoms with Crippen molar-refractivity contribution in [2.75, 3.05) is 30.4 Å². The van der Waals surface area contributed by atoms with Gasteiger partial charge in [-0.1, -0.05) is 23.7 Å². The summed E-state index contributed by atoms with van der Waals surface area (Å²) in [6.07, 6.45) is 3.93. The molecule has 0 saturated carbocycles. The molecule has 0 aliphatic heterocycles. The molecule has 0 radical (unpaired) electrons. The van der Waals surface area contributed by atoms with Gasteiger partial charge in [0.1, 0.15) is 11.5 Å². The van der Waals surface area contributed by atoms with Crippen LogP contribution in [0.2, 0.25) is 5.02 Å². The Morgan fingerprint density at radius 1 is 1.19 bits per heavy atom. The Hall–Kier alpha value is -4.03. The highest BCUT2D eigenvalue weighted by Crippen LogP contribution is 2.35. The molecule has 0 unspecified atom stereocenters. The van der Waals surface area contributed by atoms with E-state index in [1.165, 1.54) is 6.20 Å². The van der Waals surface area contributed by atoms with Crippen LogP contribution in [0, 0.1) is 5.82 Å². The largest absolute Gasteiger partial charge is 0.395 e. The number of benzene rings is 1. The molecule has 13 heteroatoms. The minimum absolute atomic E-state index is 0.0197. The zero-order valence-electron chi connectivity index (χ0n) is 19.4. The minimum Gasteiger partial charge on any atom is -0.395 e. The quantitative estimate of drug-likeness (QED) is 0.333. The SMILES string of the molecule is CN(CCO)c1ccc(Cn2cc(NC(=O)c3cncc(-c4c(C(F)F)ccc(Cl)c4F)n3)cn2)cn1. The molecule has 4 aromatic rings. The van der Waals surface area contributed by atoms with E-state index in [-0.39, 0.29) is 23.0 Å². The van der Waals surface area contributed by atoms with Gasteiger partial charge < -0.3 is 15.3 Å². The molecule has 0 bridgehead atoms. The van der Waals surface area contributed by atoms with Gasteiger partial charge in [-0.25, -0.2) is 23.1 Å². The first-order valence-corrected chi connectivity index (χ1v) is 11.3. The van der Waals surface area contributed by atoms with Gasteiger partial charge in [-0.05, 0) is 17.7 Å². The number of likely N-dealkylation sites (N-methyl/N-ethyl adjacent to an activating group) is 1. The van der Waals surface area contributed by atoms with Crippen LogP contribution in [0.25, 0.3) is 11.3 Å². The molecule has 9 nitrogen and oxygen atoms in total. The number of halogens is 4. The summed E-state index contributed by atoms with van der Waals surface area (Å²) in [6, 6.07) is 5.74. The Balaban J connectivity index is 1.47. The third-order valence-corrected chi connectivity index (χ3v) is 5.65. The van der Waals surface area contributed by atoms with E-state index < -0.39 is 29.3 Å². The number of amides is 1. The normalized spacial score (nSPS) is 11.1. The van der Waals surface area contributed by atoms with Crippen molar-refractivity contribution in [3.8, 4) is 11.3 Å². The Morgan fingerprint density at radius 2 is 2.00 bits per heavy atom. The highest BCUT2D eigenvalue weighted by atomic mass is 35.5. The number of aliphatic hydroxyl groups excluding tert-OH is 1. The molecular weight excluding hydrogens is 511 g/mol. The Morgan fingerprint density at radius 3 is 2.70 bits per heavy atom. The van der Waals surface area contributed by atoms with Gasteiger partial charge in [-0.2, -0.15) is 5.10 Å². The molecule has 4 rings (SSSR count). The summed E-state index contributed by atoms with van der Waals surface area (Å²) in [4.78, 5) is 26.8. The van der Waals surface area contributed by atoms with Crippen molar-refractivity contribution in [3.63, 3.8) is 0 Å². The van der Waals surface area contributed by atoms with E-state index in [0.29, 0.717) is 24.6 Å². The highest BCUT2D eigenvalue weighted by Gasteiger charge is 2.22. The molecule has 3 aromatic heterocycles. The van der Waals surface area contributed by atoms with Crippen molar-refractivity contribution < 1.29 is 23.1 Å². The Kier molecular flexibility index (Phi) is 7.99. The van der Waals surface area contributed by atoms with Crippen molar-refractivity contribution >= 4 is 29.0 Å². The van der Waals surface area contributed by atoms with Crippen LogP contribution in [0.4, 0.5) is 24.7 Å². The third kappa shape index (κ3) is 6.04. The Labute approximate surface area is 214 Å². The number of hydrogen-bond donors (Lipinski definition) is 2. The molecule has 1 amide bonds. The van der Waals surface area contributed by atoms with Crippen LogP contribution in [0.1, 0.15) is 28.0 Å². The van der Waals surface area contributed by atoms with Crippen molar-refractivity contribution in [3.05, 3.63) is 82.9 Å². The third-order valence-electron chi connectivity index (χ3n) is 5.36. The molecular formula is C24H21ClF3N7O2. The summed E-state index contributed by atoms with van der Waals surface area (Å²) in [7, 11) is 1.82. The maximum Gasteiger partial charge on any atom is 0.275 e. The standard InChI is InChI=1S/C24H21ClF3N7O2/c1-34(6-7-36)20-5-2-14(8-30-20)12-35-13-15(9-31-35)32-24(37)19-11-29-10-18(33-19)21-16(23(27)28)3-4-17(25)22(21)26/h2-5,8-11,13,23,36H,6-7,12H2,1H3,(H,32,37). The lowest BCUT2D eigenvalue weighted by molar-refractivity contribution is 0.102. The number of aromatic nitrogens is 5. The second-order valence-electron chi connectivity index (χ2n) is 7.97. The number of aliphatic hydroxyl groups is 1. The van der Waals surface area contributed by atoms with Crippen LogP contribution in [0.3, 0.4) is 0 Å². The van der Waals surface area contributed by atoms with Crippen molar-refractivity contribution in [2.24, 2.45) is 0 Å². The van der Waals surface area contributed by atoms with Gasteiger partial charge in [0.2, 0.25) is 0 Å². The number of carbonyl (C=O) groups is 1. The summed E-state index contributed by atoms with van der Waals surface area (Å²) in [5.74, 6) is -1.05. The lowest BCUT2D eigenvalue weighted by Gasteiger charge is -2.16. The molecule has 0 saturated heterocycles. The lowest BCUT2D eigenvalue weighted by atomic mass is 10.0. The first kappa shape index (κ1) is 26.0. The fourth-order valence-corrected chi connectivity index (χ4v) is 3.66. The van der Waals surface area contributed by atoms with Gasteiger partial charge in [0.05, 0.1) is 48.1 Å². The van der Waals surface area contributed by atoms with Gasteiger partial charge in [0, 0.05) is 37.1 Å². The van der Waals surface area contributed by atoms with Crippen molar-refractivity contribution in [1.29, 1.82) is 0 Å². The first-order valence-electron chi connectivity index (χ1n) is 11.0. The second-order valence-corrected chi connectivity index (χ2v) is 8.37. The molecule has 0 atom stereocenters. The number of hydrogen-bond acceptors (Lipinski definition) is 7. The molecule has 0 spiro atoms. The van der Waals surface area contributed by atoms with Gasteiger partial charge in [0.15, 0.2) is 5.82 Å². The number of carbonyl (C=O) groups excluding carboxylic acids is 1. The summed E-state index contributed by atoms with van der Waals surface area (Å²) in [5, 5.41) is 15.5. The molecule has 2 N–H and O–H groups in total. The maximum atomic E-state index is 14.6. The number of rotatable bonds is 9. The predicted molar refractivity (Wildman–Crippen MR) is 131 cm³/mol. The molecule has 0 fully saturated rings. The smallest absolute Gasteiger partial charge is 0.275 e. The predicted octanol–water partition coefficient (Wildman–Crippen LogP) is 4.19. The topological polar surface area (TPSA) is 109 Å². The molecule has 1 aromatic carbocycles. The second kappa shape index (κ2) is 11.4. The summed E-state index contributed by atoms with van der Waals surface area (Å²) < 4.78 is 43.1. The van der Waals surface area contributed by atoms with Gasteiger partial charge in [-0.15, -0.1) is 0 Å². The lowest BCUT2D eigenvalue weighted by Crippen LogP contribution is -2.22. The van der Waals surface area contributed by atoms with Crippen molar-refractivity contribution in [2.45, 2.75) is 13.0 Å². The monoisotopic (exact) mass is 531 g/mol. The van der Waals surface area contributed by atoms with E-state index in [0.717, 1.165) is 30.1 Å². The maximum absolute atomic E-state index is 14.6. The van der Waals surface area contributed by atoms with Crippen LogP contribution in [-0.2, 0) is 6.54 Å². The van der Waals surface area contributed by atoms with E-state index in [2.05, 4.69) is 25.4 Å². The van der Waals surface area contributed by atoms with Gasteiger partial charge >= 0.3 is 0 Å². The molecule has 0 aliphatic rings. The number of anilines is 2. The fourth-order valence-electron chi connectivity index (χ4n) is 3.50. The summed E-state index contributed by atoms with van der Waals surface area (Å²) in [6.45, 7) is 0.863. The number of nitrogens with zero attached hydrogens (tertiary/aromatic N) is 6. The van der Waals surface area contributed by atoms with E-state index in [9.17, 15) is 18.0 Å². The fraction of sp³-hybridized carbons (Fsp3) is 0.208. The zero-order valence-corrected chi connectivity index (χ0v) is 20.2. The number of alkyl halides is 2. The van der Waals surface area contributed by atoms with Crippen LogP contribution < -0.4 is 10.2 Å². The van der Waals surface area contributed by atoms with Crippen LogP contribution in [0.5, 0.6) is 0 Å². The van der Waals surface area contributed by atoms with Crippen molar-refractivity contribution in [1.82, 2.24) is 24.7 Å². The van der Waals surface area contributed by atoms with E-state index in [1.54, 1.807) is 17.1 Å².